The SMILES string of the molecule is CCCCCCCCCCCCCCCC(=O)O[C@@H]1Cc2c(O)cc(O)cc2O[C@@H]1c1cc(O)c(O)c(O)c1. The number of aromatic hydroxyl groups is 5. The number of ether oxygens (including phenoxy) is 2. The maximum absolute atomic E-state index is 12.7. The molecule has 0 saturated carbocycles. The second-order valence-electron chi connectivity index (χ2n) is 10.6. The summed E-state index contributed by atoms with van der Waals surface area (Å²) in [6.07, 6.45) is 14.3. The minimum absolute atomic E-state index is 0.110. The summed E-state index contributed by atoms with van der Waals surface area (Å²) >= 11 is 0. The number of hydrogen-bond acceptors (Lipinski definition) is 8. The zero-order valence-corrected chi connectivity index (χ0v) is 23.0. The van der Waals surface area contributed by atoms with E-state index in [0.717, 1.165) is 12.8 Å². The van der Waals surface area contributed by atoms with Crippen molar-refractivity contribution in [1.82, 2.24) is 0 Å². The lowest BCUT2D eigenvalue weighted by Crippen LogP contribution is -2.34. The van der Waals surface area contributed by atoms with E-state index in [0.29, 0.717) is 12.0 Å². The number of fused-ring (bicyclic) bond motifs is 1. The van der Waals surface area contributed by atoms with Crippen LogP contribution in [0.1, 0.15) is 114 Å². The molecule has 0 saturated heterocycles. The summed E-state index contributed by atoms with van der Waals surface area (Å²) in [6, 6.07) is 4.97. The molecule has 0 bridgehead atoms. The molecular weight excluding hydrogens is 500 g/mol. The molecule has 1 heterocycles. The fourth-order valence-electron chi connectivity index (χ4n) is 5.14. The van der Waals surface area contributed by atoms with Crippen LogP contribution in [-0.4, -0.2) is 37.6 Å². The average molecular weight is 545 g/mol. The standard InChI is InChI=1S/C31H44O8/c1-2-3-4-5-6-7-8-9-10-11-12-13-14-15-29(36)38-28-20-23-24(33)18-22(32)19-27(23)39-31(28)21-16-25(34)30(37)26(35)17-21/h16-19,28,31-35,37H,2-15,20H2,1H3/t28-,31-/m1/s1. The van der Waals surface area contributed by atoms with Crippen molar-refractivity contribution < 1.29 is 39.8 Å². The van der Waals surface area contributed by atoms with Crippen LogP contribution in [-0.2, 0) is 16.0 Å². The molecular formula is C31H44O8. The predicted molar refractivity (Wildman–Crippen MR) is 148 cm³/mol. The van der Waals surface area contributed by atoms with Crippen LogP contribution >= 0.6 is 0 Å². The quantitative estimate of drug-likeness (QED) is 0.0844. The molecule has 0 fully saturated rings. The van der Waals surface area contributed by atoms with E-state index < -0.39 is 35.4 Å². The minimum atomic E-state index is -0.938. The van der Waals surface area contributed by atoms with E-state index in [2.05, 4.69) is 6.92 Å². The lowest BCUT2D eigenvalue weighted by molar-refractivity contribution is -0.155. The number of phenols is 5. The summed E-state index contributed by atoms with van der Waals surface area (Å²) in [4.78, 5) is 12.7. The molecule has 2 aromatic rings. The lowest BCUT2D eigenvalue weighted by atomic mass is 9.93. The number of hydrogen-bond donors (Lipinski definition) is 5. The molecule has 1 aliphatic heterocycles. The van der Waals surface area contributed by atoms with Crippen molar-refractivity contribution in [3.05, 3.63) is 35.4 Å². The van der Waals surface area contributed by atoms with Crippen molar-refractivity contribution in [2.75, 3.05) is 0 Å². The number of benzene rings is 2. The van der Waals surface area contributed by atoms with Gasteiger partial charge < -0.3 is 35.0 Å². The highest BCUT2D eigenvalue weighted by molar-refractivity contribution is 5.70. The molecule has 216 valence electrons. The lowest BCUT2D eigenvalue weighted by Gasteiger charge is -2.34. The average Bonchev–Trinajstić information content (AvgIpc) is 2.89. The summed E-state index contributed by atoms with van der Waals surface area (Å²) in [5.74, 6) is -2.33. The van der Waals surface area contributed by atoms with Gasteiger partial charge in [0.05, 0.1) is 0 Å². The first kappa shape index (κ1) is 30.3. The Labute approximate surface area is 231 Å². The van der Waals surface area contributed by atoms with Gasteiger partial charge in [0.15, 0.2) is 23.4 Å². The van der Waals surface area contributed by atoms with Crippen molar-refractivity contribution in [3.8, 4) is 34.5 Å². The van der Waals surface area contributed by atoms with Gasteiger partial charge in [-0.2, -0.15) is 0 Å². The normalized spacial score (nSPS) is 16.4. The number of phenolic OH excluding ortho intramolecular Hbond substituents is 5. The molecule has 3 rings (SSSR count). The molecule has 1 aliphatic rings. The summed E-state index contributed by atoms with van der Waals surface area (Å²) in [6.45, 7) is 2.24. The number of carbonyl (C=O) groups excluding carboxylic acids is 1. The molecule has 8 nitrogen and oxygen atoms in total. The Morgan fingerprint density at radius 1 is 0.769 bits per heavy atom. The Morgan fingerprint density at radius 2 is 1.31 bits per heavy atom. The van der Waals surface area contributed by atoms with Gasteiger partial charge in [-0.3, -0.25) is 4.79 Å². The second kappa shape index (κ2) is 15.3. The predicted octanol–water partition coefficient (Wildman–Crippen LogP) is 7.28. The zero-order chi connectivity index (χ0) is 28.2. The molecule has 0 aromatic heterocycles. The van der Waals surface area contributed by atoms with Gasteiger partial charge in [0.1, 0.15) is 23.4 Å². The summed E-state index contributed by atoms with van der Waals surface area (Å²) < 4.78 is 11.7. The third-order valence-corrected chi connectivity index (χ3v) is 7.35. The molecule has 2 atom stereocenters. The van der Waals surface area contributed by atoms with E-state index in [1.807, 2.05) is 0 Å². The Hall–Kier alpha value is -3.29. The van der Waals surface area contributed by atoms with Crippen LogP contribution < -0.4 is 4.74 Å². The Morgan fingerprint density at radius 3 is 1.87 bits per heavy atom. The second-order valence-corrected chi connectivity index (χ2v) is 10.6. The van der Waals surface area contributed by atoms with E-state index in [-0.39, 0.29) is 35.7 Å². The van der Waals surface area contributed by atoms with Gasteiger partial charge in [0, 0.05) is 36.1 Å². The Bertz CT molecular complexity index is 1040. The highest BCUT2D eigenvalue weighted by Crippen LogP contribution is 2.45. The van der Waals surface area contributed by atoms with Crippen molar-refractivity contribution in [3.63, 3.8) is 0 Å². The summed E-state index contributed by atoms with van der Waals surface area (Å²) in [5, 5.41) is 49.9. The van der Waals surface area contributed by atoms with E-state index >= 15 is 0 Å². The molecule has 0 spiro atoms. The number of unbranched alkanes of at least 4 members (excludes halogenated alkanes) is 12. The molecule has 8 heteroatoms. The molecule has 5 N–H and O–H groups in total. The number of carbonyl (C=O) groups is 1. The minimum Gasteiger partial charge on any atom is -0.508 e. The van der Waals surface area contributed by atoms with Gasteiger partial charge in [-0.1, -0.05) is 84.0 Å². The van der Waals surface area contributed by atoms with Crippen LogP contribution in [0.3, 0.4) is 0 Å². The van der Waals surface area contributed by atoms with Crippen molar-refractivity contribution in [2.24, 2.45) is 0 Å². The van der Waals surface area contributed by atoms with Gasteiger partial charge in [-0.25, -0.2) is 0 Å². The van der Waals surface area contributed by atoms with Crippen LogP contribution in [0.2, 0.25) is 0 Å². The van der Waals surface area contributed by atoms with Crippen LogP contribution in [0.25, 0.3) is 0 Å². The smallest absolute Gasteiger partial charge is 0.306 e. The Balaban J connectivity index is 1.47. The van der Waals surface area contributed by atoms with Gasteiger partial charge in [-0.15, -0.1) is 0 Å². The number of esters is 1. The molecule has 39 heavy (non-hydrogen) atoms. The van der Waals surface area contributed by atoms with Crippen molar-refractivity contribution in [2.45, 2.75) is 115 Å². The summed E-state index contributed by atoms with van der Waals surface area (Å²) in [7, 11) is 0. The van der Waals surface area contributed by atoms with E-state index in [9.17, 15) is 30.3 Å². The Kier molecular flexibility index (Phi) is 11.9. The zero-order valence-electron chi connectivity index (χ0n) is 23.0. The molecule has 0 radical (unpaired) electrons. The largest absolute Gasteiger partial charge is 0.508 e. The molecule has 2 aromatic carbocycles. The molecule has 0 amide bonds. The fraction of sp³-hybridized carbons (Fsp3) is 0.581. The molecule has 0 unspecified atom stereocenters. The first-order valence-electron chi connectivity index (χ1n) is 14.5. The van der Waals surface area contributed by atoms with Crippen LogP contribution in [0.15, 0.2) is 24.3 Å². The summed E-state index contributed by atoms with van der Waals surface area (Å²) in [5.41, 5.74) is 0.657. The van der Waals surface area contributed by atoms with Gasteiger partial charge in [-0.05, 0) is 18.6 Å². The van der Waals surface area contributed by atoms with E-state index in [1.54, 1.807) is 0 Å². The highest BCUT2D eigenvalue weighted by atomic mass is 16.6. The third kappa shape index (κ3) is 9.15. The monoisotopic (exact) mass is 544 g/mol. The van der Waals surface area contributed by atoms with Gasteiger partial charge in [0.2, 0.25) is 0 Å². The maximum atomic E-state index is 12.7. The highest BCUT2D eigenvalue weighted by Gasteiger charge is 2.37. The fourth-order valence-corrected chi connectivity index (χ4v) is 5.14. The van der Waals surface area contributed by atoms with E-state index in [4.69, 9.17) is 9.47 Å². The van der Waals surface area contributed by atoms with Crippen LogP contribution in [0.5, 0.6) is 34.5 Å². The van der Waals surface area contributed by atoms with Crippen LogP contribution in [0, 0.1) is 0 Å². The number of rotatable bonds is 16. The van der Waals surface area contributed by atoms with Crippen LogP contribution in [0.4, 0.5) is 0 Å². The van der Waals surface area contributed by atoms with Crippen molar-refractivity contribution >= 4 is 5.97 Å². The molecule has 0 aliphatic carbocycles. The van der Waals surface area contributed by atoms with Gasteiger partial charge >= 0.3 is 5.97 Å². The maximum Gasteiger partial charge on any atom is 0.306 e. The first-order chi connectivity index (χ1) is 18.8. The van der Waals surface area contributed by atoms with Crippen molar-refractivity contribution in [1.29, 1.82) is 0 Å². The van der Waals surface area contributed by atoms with Gasteiger partial charge in [0.25, 0.3) is 0 Å². The topological polar surface area (TPSA) is 137 Å². The third-order valence-electron chi connectivity index (χ3n) is 7.35. The van der Waals surface area contributed by atoms with E-state index in [1.165, 1.54) is 88.5 Å². The first-order valence-corrected chi connectivity index (χ1v) is 14.5.